The second-order valence-corrected chi connectivity index (χ2v) is 13.1. The van der Waals surface area contributed by atoms with Gasteiger partial charge in [-0.3, -0.25) is 13.9 Å². The van der Waals surface area contributed by atoms with E-state index in [9.17, 15) is 18.0 Å². The summed E-state index contributed by atoms with van der Waals surface area (Å²) in [6, 6.07) is 22.9. The molecule has 3 aromatic carbocycles. The number of ether oxygens (including phenoxy) is 2. The molecule has 0 spiro atoms. The third-order valence-corrected chi connectivity index (χ3v) is 9.02. The highest BCUT2D eigenvalue weighted by atomic mass is 32.2. The number of amides is 2. The van der Waals surface area contributed by atoms with Gasteiger partial charge in [0, 0.05) is 12.6 Å². The Balaban J connectivity index is 1.56. The summed E-state index contributed by atoms with van der Waals surface area (Å²) in [5.74, 6) is 0.499. The lowest BCUT2D eigenvalue weighted by Crippen LogP contribution is -2.53. The Bertz CT molecular complexity index is 1470. The average molecular weight is 622 g/mol. The summed E-state index contributed by atoms with van der Waals surface area (Å²) in [5, 5.41) is 3.16. The average Bonchev–Trinajstić information content (AvgIpc) is 3.03. The Hall–Kier alpha value is -4.05. The molecule has 0 saturated heterocycles. The molecule has 1 atom stereocenters. The molecule has 0 bridgehead atoms. The van der Waals surface area contributed by atoms with Gasteiger partial charge in [-0.1, -0.05) is 68.7 Å². The third kappa shape index (κ3) is 9.22. The zero-order valence-electron chi connectivity index (χ0n) is 25.8. The van der Waals surface area contributed by atoms with Crippen LogP contribution in [0.15, 0.2) is 78.9 Å². The van der Waals surface area contributed by atoms with E-state index >= 15 is 0 Å². The van der Waals surface area contributed by atoms with Crippen LogP contribution >= 0.6 is 0 Å². The molecule has 1 fully saturated rings. The fourth-order valence-electron chi connectivity index (χ4n) is 5.49. The summed E-state index contributed by atoms with van der Waals surface area (Å²) >= 11 is 0. The first-order valence-corrected chi connectivity index (χ1v) is 17.0. The van der Waals surface area contributed by atoms with Gasteiger partial charge in [-0.2, -0.15) is 0 Å². The van der Waals surface area contributed by atoms with E-state index in [1.54, 1.807) is 37.4 Å². The minimum atomic E-state index is -3.85. The van der Waals surface area contributed by atoms with Gasteiger partial charge >= 0.3 is 0 Å². The second-order valence-electron chi connectivity index (χ2n) is 11.2. The molecular formula is C34H43N3O6S. The van der Waals surface area contributed by atoms with Crippen molar-refractivity contribution in [3.05, 3.63) is 90.0 Å². The van der Waals surface area contributed by atoms with Crippen LogP contribution in [0.2, 0.25) is 0 Å². The van der Waals surface area contributed by atoms with Crippen molar-refractivity contribution in [3.63, 3.8) is 0 Å². The van der Waals surface area contributed by atoms with Crippen LogP contribution in [0.25, 0.3) is 0 Å². The number of hydrogen-bond acceptors (Lipinski definition) is 6. The SMILES string of the molecule is CC[C@@H](C(=O)NC1CCCCC1)N(Cc1cccc(OC)c1)C(=O)CN(c1ccc(OCc2ccccc2)cc1)S(C)(=O)=O. The molecule has 0 aromatic heterocycles. The first-order valence-electron chi connectivity index (χ1n) is 15.1. The number of anilines is 1. The van der Waals surface area contributed by atoms with Gasteiger partial charge in [0.25, 0.3) is 0 Å². The van der Waals surface area contributed by atoms with E-state index in [0.29, 0.717) is 30.2 Å². The van der Waals surface area contributed by atoms with Crippen molar-refractivity contribution in [2.24, 2.45) is 0 Å². The molecule has 10 heteroatoms. The van der Waals surface area contributed by atoms with E-state index in [1.165, 1.54) is 4.90 Å². The number of carbonyl (C=O) groups is 2. The van der Waals surface area contributed by atoms with E-state index in [4.69, 9.17) is 9.47 Å². The Morgan fingerprint density at radius 3 is 2.23 bits per heavy atom. The lowest BCUT2D eigenvalue weighted by molar-refractivity contribution is -0.140. The van der Waals surface area contributed by atoms with Crippen LogP contribution in [0.4, 0.5) is 5.69 Å². The normalized spacial score (nSPS) is 14.3. The summed E-state index contributed by atoms with van der Waals surface area (Å²) in [6.45, 7) is 1.89. The van der Waals surface area contributed by atoms with Crippen molar-refractivity contribution < 1.29 is 27.5 Å². The number of carbonyl (C=O) groups excluding carboxylic acids is 2. The van der Waals surface area contributed by atoms with Crippen molar-refractivity contribution >= 4 is 27.5 Å². The van der Waals surface area contributed by atoms with Crippen LogP contribution in [0.5, 0.6) is 11.5 Å². The van der Waals surface area contributed by atoms with Crippen molar-refractivity contribution in [2.45, 2.75) is 70.7 Å². The van der Waals surface area contributed by atoms with E-state index in [-0.39, 0.29) is 18.5 Å². The summed E-state index contributed by atoms with van der Waals surface area (Å²) in [5.41, 5.74) is 2.11. The lowest BCUT2D eigenvalue weighted by Gasteiger charge is -2.34. The number of nitrogens with one attached hydrogen (secondary N) is 1. The maximum atomic E-state index is 14.0. The molecule has 2 amide bonds. The zero-order valence-corrected chi connectivity index (χ0v) is 26.6. The minimum absolute atomic E-state index is 0.0780. The maximum Gasteiger partial charge on any atom is 0.244 e. The number of hydrogen-bond donors (Lipinski definition) is 1. The Morgan fingerprint density at radius 2 is 1.59 bits per heavy atom. The maximum absolute atomic E-state index is 14.0. The molecule has 0 heterocycles. The molecule has 1 N–H and O–H groups in total. The van der Waals surface area contributed by atoms with E-state index in [0.717, 1.165) is 53.8 Å². The molecule has 1 aliphatic carbocycles. The van der Waals surface area contributed by atoms with E-state index in [1.807, 2.05) is 55.5 Å². The lowest BCUT2D eigenvalue weighted by atomic mass is 9.95. The van der Waals surface area contributed by atoms with Crippen LogP contribution in [0.1, 0.15) is 56.6 Å². The van der Waals surface area contributed by atoms with Crippen molar-refractivity contribution in [1.29, 1.82) is 0 Å². The van der Waals surface area contributed by atoms with Crippen LogP contribution in [-0.2, 0) is 32.8 Å². The largest absolute Gasteiger partial charge is 0.497 e. The molecule has 0 radical (unpaired) electrons. The molecule has 0 unspecified atom stereocenters. The predicted octanol–water partition coefficient (Wildman–Crippen LogP) is 5.30. The molecule has 0 aliphatic heterocycles. The smallest absolute Gasteiger partial charge is 0.244 e. The van der Waals surface area contributed by atoms with Crippen molar-refractivity contribution in [1.82, 2.24) is 10.2 Å². The summed E-state index contributed by atoms with van der Waals surface area (Å²) in [6.07, 6.45) is 6.56. The van der Waals surface area contributed by atoms with Gasteiger partial charge in [-0.25, -0.2) is 8.42 Å². The third-order valence-electron chi connectivity index (χ3n) is 7.88. The molecule has 1 aliphatic rings. The monoisotopic (exact) mass is 621 g/mol. The van der Waals surface area contributed by atoms with E-state index in [2.05, 4.69) is 5.32 Å². The topological polar surface area (TPSA) is 105 Å². The Kier molecular flexibility index (Phi) is 11.7. The fraction of sp³-hybridized carbons (Fsp3) is 0.412. The number of rotatable bonds is 14. The van der Waals surface area contributed by atoms with Crippen molar-refractivity contribution in [3.8, 4) is 11.5 Å². The molecule has 236 valence electrons. The van der Waals surface area contributed by atoms with Gasteiger partial charge in [0.15, 0.2) is 0 Å². The van der Waals surface area contributed by atoms with Crippen LogP contribution in [-0.4, -0.2) is 57.1 Å². The standard InChI is InChI=1S/C34H43N3O6S/c1-4-32(34(39)35-28-15-9-6-10-16-28)36(23-27-14-11-17-31(22-27)42-2)33(38)24-37(44(3,40)41)29-18-20-30(21-19-29)43-25-26-12-7-5-8-13-26/h5,7-8,11-14,17-22,28,32H,4,6,9-10,15-16,23-25H2,1-3H3,(H,35,39)/t32-/m0/s1. The number of methoxy groups -OCH3 is 1. The number of sulfonamides is 1. The number of benzene rings is 3. The van der Waals surface area contributed by atoms with E-state index < -0.39 is 28.5 Å². The second kappa shape index (κ2) is 15.6. The zero-order chi connectivity index (χ0) is 31.5. The minimum Gasteiger partial charge on any atom is -0.497 e. The summed E-state index contributed by atoms with van der Waals surface area (Å²) in [4.78, 5) is 29.1. The molecule has 1 saturated carbocycles. The molecule has 3 aromatic rings. The van der Waals surface area contributed by atoms with Gasteiger partial charge in [-0.15, -0.1) is 0 Å². The first kappa shape index (κ1) is 32.9. The first-order chi connectivity index (χ1) is 21.2. The van der Waals surface area contributed by atoms with Gasteiger partial charge in [0.05, 0.1) is 19.1 Å². The van der Waals surface area contributed by atoms with Crippen LogP contribution in [0.3, 0.4) is 0 Å². The fourth-order valence-corrected chi connectivity index (χ4v) is 6.34. The van der Waals surface area contributed by atoms with Crippen LogP contribution < -0.4 is 19.1 Å². The van der Waals surface area contributed by atoms with Crippen LogP contribution in [0, 0.1) is 0 Å². The number of nitrogens with zero attached hydrogens (tertiary/aromatic N) is 2. The highest BCUT2D eigenvalue weighted by Crippen LogP contribution is 2.24. The molecule has 9 nitrogen and oxygen atoms in total. The van der Waals surface area contributed by atoms with Gasteiger partial charge < -0.3 is 19.7 Å². The summed E-state index contributed by atoms with van der Waals surface area (Å²) < 4.78 is 38.3. The Labute approximate surface area is 261 Å². The van der Waals surface area contributed by atoms with Gasteiger partial charge in [0.1, 0.15) is 30.7 Å². The predicted molar refractivity (Wildman–Crippen MR) is 172 cm³/mol. The highest BCUT2D eigenvalue weighted by Gasteiger charge is 2.33. The quantitative estimate of drug-likeness (QED) is 0.262. The van der Waals surface area contributed by atoms with Gasteiger partial charge in [-0.05, 0) is 66.8 Å². The molecule has 4 rings (SSSR count). The highest BCUT2D eigenvalue weighted by molar-refractivity contribution is 7.92. The van der Waals surface area contributed by atoms with Crippen molar-refractivity contribution in [2.75, 3.05) is 24.2 Å². The molecule has 44 heavy (non-hydrogen) atoms. The summed E-state index contributed by atoms with van der Waals surface area (Å²) in [7, 11) is -2.28. The Morgan fingerprint density at radius 1 is 0.909 bits per heavy atom. The van der Waals surface area contributed by atoms with Gasteiger partial charge in [0.2, 0.25) is 21.8 Å². The molecular weight excluding hydrogens is 578 g/mol.